The predicted molar refractivity (Wildman–Crippen MR) is 136 cm³/mol. The molecule has 0 aliphatic rings. The largest absolute Gasteiger partial charge is 0.497 e. The van der Waals surface area contributed by atoms with Gasteiger partial charge in [0.05, 0.1) is 26.5 Å². The van der Waals surface area contributed by atoms with Crippen LogP contribution in [0.5, 0.6) is 11.5 Å². The normalized spacial score (nSPS) is 10.7. The second kappa shape index (κ2) is 11.2. The van der Waals surface area contributed by atoms with E-state index in [-0.39, 0.29) is 12.5 Å². The first-order chi connectivity index (χ1) is 16.6. The van der Waals surface area contributed by atoms with Gasteiger partial charge in [-0.25, -0.2) is 0 Å². The molecule has 0 aliphatic carbocycles. The summed E-state index contributed by atoms with van der Waals surface area (Å²) < 4.78 is 13.8. The van der Waals surface area contributed by atoms with E-state index in [1.54, 1.807) is 50.2 Å². The Kier molecular flexibility index (Phi) is 7.87. The van der Waals surface area contributed by atoms with Crippen molar-refractivity contribution in [3.63, 3.8) is 0 Å². The summed E-state index contributed by atoms with van der Waals surface area (Å²) in [6.45, 7) is 0.194. The van der Waals surface area contributed by atoms with Gasteiger partial charge >= 0.3 is 0 Å². The van der Waals surface area contributed by atoms with Gasteiger partial charge in [0.15, 0.2) is 11.0 Å². The number of halogens is 1. The summed E-state index contributed by atoms with van der Waals surface area (Å²) in [5.41, 5.74) is 2.47. The monoisotopic (exact) mass is 538 g/mol. The average molecular weight is 539 g/mol. The van der Waals surface area contributed by atoms with Crippen LogP contribution in [0.2, 0.25) is 0 Å². The van der Waals surface area contributed by atoms with E-state index in [0.717, 1.165) is 21.5 Å². The first-order valence-corrected chi connectivity index (χ1v) is 12.2. The minimum absolute atomic E-state index is 0.194. The Morgan fingerprint density at radius 2 is 1.79 bits per heavy atom. The first kappa shape index (κ1) is 23.8. The molecule has 1 amide bonds. The SMILES string of the molecule is COc1cccc(C(=O)NCc2nnc(SCc3ccc(Br)cc3)n2-c2ccccc2OC)c1. The molecule has 174 valence electrons. The Morgan fingerprint density at radius 3 is 2.56 bits per heavy atom. The van der Waals surface area contributed by atoms with Crippen LogP contribution >= 0.6 is 27.7 Å². The van der Waals surface area contributed by atoms with E-state index >= 15 is 0 Å². The van der Waals surface area contributed by atoms with Gasteiger partial charge in [0, 0.05) is 15.8 Å². The van der Waals surface area contributed by atoms with Crippen LogP contribution in [-0.4, -0.2) is 34.9 Å². The van der Waals surface area contributed by atoms with Crippen molar-refractivity contribution in [2.24, 2.45) is 0 Å². The number of methoxy groups -OCH3 is 2. The zero-order chi connectivity index (χ0) is 23.9. The average Bonchev–Trinajstić information content (AvgIpc) is 3.29. The van der Waals surface area contributed by atoms with E-state index in [9.17, 15) is 4.79 Å². The molecule has 0 radical (unpaired) electrons. The van der Waals surface area contributed by atoms with Crippen LogP contribution in [0.1, 0.15) is 21.7 Å². The summed E-state index contributed by atoms with van der Waals surface area (Å²) in [4.78, 5) is 12.7. The van der Waals surface area contributed by atoms with Crippen molar-refractivity contribution in [2.45, 2.75) is 17.5 Å². The van der Waals surface area contributed by atoms with Crippen molar-refractivity contribution in [1.29, 1.82) is 0 Å². The number of nitrogens with zero attached hydrogens (tertiary/aromatic N) is 3. The quantitative estimate of drug-likeness (QED) is 0.292. The standard InChI is InChI=1S/C25H23BrN4O3S/c1-32-20-7-5-6-18(14-20)24(31)27-15-23-28-29-25(34-16-17-10-12-19(26)13-11-17)30(23)21-8-3-4-9-22(21)33-2/h3-14H,15-16H2,1-2H3,(H,27,31). The number of benzene rings is 3. The van der Waals surface area contributed by atoms with Crippen LogP contribution < -0.4 is 14.8 Å². The molecule has 0 spiro atoms. The molecule has 4 rings (SSSR count). The van der Waals surface area contributed by atoms with Gasteiger partial charge in [0.1, 0.15) is 11.5 Å². The third-order valence-electron chi connectivity index (χ3n) is 5.05. The number of nitrogens with one attached hydrogen (secondary N) is 1. The van der Waals surface area contributed by atoms with Crippen LogP contribution in [0.15, 0.2) is 82.4 Å². The van der Waals surface area contributed by atoms with Gasteiger partial charge in [0.25, 0.3) is 5.91 Å². The molecule has 9 heteroatoms. The molecule has 0 saturated heterocycles. The van der Waals surface area contributed by atoms with Gasteiger partial charge in [-0.2, -0.15) is 0 Å². The summed E-state index contributed by atoms with van der Waals surface area (Å²) >= 11 is 5.03. The Morgan fingerprint density at radius 1 is 1.00 bits per heavy atom. The fourth-order valence-electron chi connectivity index (χ4n) is 3.32. The number of thioether (sulfide) groups is 1. The highest BCUT2D eigenvalue weighted by Crippen LogP contribution is 2.30. The van der Waals surface area contributed by atoms with Crippen molar-refractivity contribution in [2.75, 3.05) is 14.2 Å². The maximum Gasteiger partial charge on any atom is 0.251 e. The van der Waals surface area contributed by atoms with Crippen LogP contribution in [0.4, 0.5) is 0 Å². The molecule has 34 heavy (non-hydrogen) atoms. The number of carbonyl (C=O) groups is 1. The molecule has 4 aromatic rings. The molecule has 1 aromatic heterocycles. The lowest BCUT2D eigenvalue weighted by atomic mass is 10.2. The number of hydrogen-bond acceptors (Lipinski definition) is 6. The Hall–Kier alpha value is -3.30. The van der Waals surface area contributed by atoms with E-state index in [4.69, 9.17) is 9.47 Å². The molecular weight excluding hydrogens is 516 g/mol. The number of rotatable bonds is 9. The van der Waals surface area contributed by atoms with E-state index in [0.29, 0.717) is 28.0 Å². The van der Waals surface area contributed by atoms with Crippen LogP contribution in [-0.2, 0) is 12.3 Å². The smallest absolute Gasteiger partial charge is 0.251 e. The zero-order valence-corrected chi connectivity index (χ0v) is 21.1. The van der Waals surface area contributed by atoms with Crippen molar-refractivity contribution in [3.8, 4) is 17.2 Å². The number of para-hydroxylation sites is 2. The Bertz CT molecular complexity index is 1280. The molecule has 0 unspecified atom stereocenters. The minimum atomic E-state index is -0.224. The second-order valence-electron chi connectivity index (χ2n) is 7.24. The highest BCUT2D eigenvalue weighted by Gasteiger charge is 2.18. The summed E-state index contributed by atoms with van der Waals surface area (Å²) in [5, 5.41) is 12.4. The molecule has 0 aliphatic heterocycles. The lowest BCUT2D eigenvalue weighted by molar-refractivity contribution is 0.0949. The lowest BCUT2D eigenvalue weighted by Gasteiger charge is -2.14. The molecule has 1 N–H and O–H groups in total. The van der Waals surface area contributed by atoms with Crippen molar-refractivity contribution >= 4 is 33.6 Å². The maximum absolute atomic E-state index is 12.7. The van der Waals surface area contributed by atoms with Crippen molar-refractivity contribution < 1.29 is 14.3 Å². The molecule has 0 saturated carbocycles. The van der Waals surface area contributed by atoms with Crippen LogP contribution in [0, 0.1) is 0 Å². The molecule has 0 fully saturated rings. The first-order valence-electron chi connectivity index (χ1n) is 10.5. The zero-order valence-electron chi connectivity index (χ0n) is 18.7. The number of carbonyl (C=O) groups excluding carboxylic acids is 1. The van der Waals surface area contributed by atoms with Gasteiger partial charge in [-0.05, 0) is 48.0 Å². The summed E-state index contributed by atoms with van der Waals surface area (Å²) in [6.07, 6.45) is 0. The molecule has 3 aromatic carbocycles. The molecule has 1 heterocycles. The molecule has 7 nitrogen and oxygen atoms in total. The third kappa shape index (κ3) is 5.60. The van der Waals surface area contributed by atoms with Gasteiger partial charge in [0.2, 0.25) is 0 Å². The summed E-state index contributed by atoms with van der Waals surface area (Å²) in [5.74, 6) is 2.40. The molecule has 0 atom stereocenters. The molecular formula is C25H23BrN4O3S. The van der Waals surface area contributed by atoms with E-state index in [1.807, 2.05) is 41.0 Å². The van der Waals surface area contributed by atoms with Crippen molar-refractivity contribution in [1.82, 2.24) is 20.1 Å². The van der Waals surface area contributed by atoms with Gasteiger partial charge in [-0.1, -0.05) is 58.0 Å². The Balaban J connectivity index is 1.60. The predicted octanol–water partition coefficient (Wildman–Crippen LogP) is 5.27. The van der Waals surface area contributed by atoms with Crippen LogP contribution in [0.25, 0.3) is 5.69 Å². The van der Waals surface area contributed by atoms with E-state index < -0.39 is 0 Å². The number of hydrogen-bond donors (Lipinski definition) is 1. The second-order valence-corrected chi connectivity index (χ2v) is 9.09. The highest BCUT2D eigenvalue weighted by molar-refractivity contribution is 9.10. The summed E-state index contributed by atoms with van der Waals surface area (Å²) in [7, 11) is 3.20. The topological polar surface area (TPSA) is 78.3 Å². The van der Waals surface area contributed by atoms with Gasteiger partial charge < -0.3 is 14.8 Å². The third-order valence-corrected chi connectivity index (χ3v) is 6.58. The fraction of sp³-hybridized carbons (Fsp3) is 0.160. The highest BCUT2D eigenvalue weighted by atomic mass is 79.9. The minimum Gasteiger partial charge on any atom is -0.497 e. The number of amides is 1. The van der Waals surface area contributed by atoms with Gasteiger partial charge in [-0.3, -0.25) is 9.36 Å². The number of aromatic nitrogens is 3. The molecule has 0 bridgehead atoms. The van der Waals surface area contributed by atoms with Crippen LogP contribution in [0.3, 0.4) is 0 Å². The lowest BCUT2D eigenvalue weighted by Crippen LogP contribution is -2.24. The van der Waals surface area contributed by atoms with E-state index in [1.165, 1.54) is 0 Å². The Labute approximate surface area is 210 Å². The number of ether oxygens (including phenoxy) is 2. The van der Waals surface area contributed by atoms with E-state index in [2.05, 4.69) is 43.6 Å². The fourth-order valence-corrected chi connectivity index (χ4v) is 4.50. The van der Waals surface area contributed by atoms with Crippen molar-refractivity contribution in [3.05, 3.63) is 94.2 Å². The summed E-state index contributed by atoms with van der Waals surface area (Å²) in [6, 6.07) is 22.8. The van der Waals surface area contributed by atoms with Gasteiger partial charge in [-0.15, -0.1) is 10.2 Å². The maximum atomic E-state index is 12.7.